The second kappa shape index (κ2) is 6.62. The number of hydrogen-bond acceptors (Lipinski definition) is 3. The molecule has 0 spiro atoms. The van der Waals surface area contributed by atoms with E-state index in [4.69, 9.17) is 5.11 Å². The molecule has 0 fully saturated rings. The Morgan fingerprint density at radius 2 is 1.90 bits per heavy atom. The summed E-state index contributed by atoms with van der Waals surface area (Å²) in [5, 5.41) is 11.9. The molecule has 21 heavy (non-hydrogen) atoms. The molecule has 4 nitrogen and oxygen atoms in total. The summed E-state index contributed by atoms with van der Waals surface area (Å²) >= 11 is 3.15. The van der Waals surface area contributed by atoms with E-state index in [9.17, 15) is 13.6 Å². The molecule has 0 bridgehead atoms. The third kappa shape index (κ3) is 4.22. The number of carboxylic acid groups (broad SMARTS) is 1. The molecule has 1 aromatic carbocycles. The average molecular weight is 357 g/mol. The predicted octanol–water partition coefficient (Wildman–Crippen LogP) is 3.48. The fourth-order valence-electron chi connectivity index (χ4n) is 1.82. The van der Waals surface area contributed by atoms with Gasteiger partial charge in [-0.05, 0) is 46.1 Å². The monoisotopic (exact) mass is 356 g/mol. The minimum Gasteiger partial charge on any atom is -0.478 e. The first-order chi connectivity index (χ1) is 9.95. The molecule has 0 aliphatic carbocycles. The average Bonchev–Trinajstić information content (AvgIpc) is 2.39. The molecule has 2 rings (SSSR count). The third-order valence-electron chi connectivity index (χ3n) is 2.71. The molecular weight excluding hydrogens is 346 g/mol. The highest BCUT2D eigenvalue weighted by Crippen LogP contribution is 2.18. The van der Waals surface area contributed by atoms with Crippen LogP contribution in [0.15, 0.2) is 34.9 Å². The van der Waals surface area contributed by atoms with Crippen LogP contribution in [0.25, 0.3) is 0 Å². The van der Waals surface area contributed by atoms with Crippen LogP contribution in [0, 0.1) is 11.6 Å². The van der Waals surface area contributed by atoms with Gasteiger partial charge in [-0.25, -0.2) is 18.6 Å². The van der Waals surface area contributed by atoms with Gasteiger partial charge in [0.05, 0.1) is 0 Å². The lowest BCUT2D eigenvalue weighted by atomic mass is 10.1. The van der Waals surface area contributed by atoms with Gasteiger partial charge in [0.25, 0.3) is 0 Å². The Balaban J connectivity index is 2.05. The van der Waals surface area contributed by atoms with E-state index in [0.29, 0.717) is 23.0 Å². The highest BCUT2D eigenvalue weighted by atomic mass is 79.9. The van der Waals surface area contributed by atoms with E-state index in [1.165, 1.54) is 24.4 Å². The largest absolute Gasteiger partial charge is 0.478 e. The first-order valence-electron chi connectivity index (χ1n) is 6.03. The number of pyridine rings is 1. The van der Waals surface area contributed by atoms with Gasteiger partial charge in [-0.3, -0.25) is 0 Å². The molecule has 2 aromatic rings. The number of nitrogens with one attached hydrogen (secondary N) is 1. The molecule has 1 aromatic heterocycles. The number of carboxylic acids is 1. The number of carbonyl (C=O) groups is 1. The number of halogens is 3. The van der Waals surface area contributed by atoms with Crippen molar-refractivity contribution >= 4 is 27.7 Å². The van der Waals surface area contributed by atoms with Gasteiger partial charge < -0.3 is 10.4 Å². The Hall–Kier alpha value is -2.02. The maximum absolute atomic E-state index is 13.0. The molecule has 0 atom stereocenters. The van der Waals surface area contributed by atoms with Crippen LogP contribution in [0.4, 0.5) is 14.6 Å². The summed E-state index contributed by atoms with van der Waals surface area (Å²) in [4.78, 5) is 15.1. The molecule has 0 saturated carbocycles. The fraction of sp³-hybridized carbons (Fsp3) is 0.143. The van der Waals surface area contributed by atoms with Gasteiger partial charge in [0, 0.05) is 23.3 Å². The zero-order chi connectivity index (χ0) is 15.4. The van der Waals surface area contributed by atoms with Crippen molar-refractivity contribution in [2.45, 2.75) is 6.42 Å². The summed E-state index contributed by atoms with van der Waals surface area (Å²) < 4.78 is 26.6. The zero-order valence-corrected chi connectivity index (χ0v) is 12.3. The summed E-state index contributed by atoms with van der Waals surface area (Å²) in [6, 6.07) is 4.70. The minimum atomic E-state index is -1.11. The van der Waals surface area contributed by atoms with Crippen molar-refractivity contribution in [1.82, 2.24) is 4.98 Å². The molecular formula is C14H11BrF2N2O2. The Bertz CT molecular complexity index is 660. The van der Waals surface area contributed by atoms with E-state index in [1.807, 2.05) is 0 Å². The number of hydrogen-bond donors (Lipinski definition) is 2. The first kappa shape index (κ1) is 15.4. The molecule has 0 aliphatic rings. The quantitative estimate of drug-likeness (QED) is 0.860. The number of anilines is 1. The van der Waals surface area contributed by atoms with E-state index < -0.39 is 17.6 Å². The van der Waals surface area contributed by atoms with E-state index in [2.05, 4.69) is 26.2 Å². The van der Waals surface area contributed by atoms with Gasteiger partial charge in [-0.1, -0.05) is 0 Å². The normalized spacial score (nSPS) is 10.4. The van der Waals surface area contributed by atoms with Gasteiger partial charge in [0.2, 0.25) is 0 Å². The van der Waals surface area contributed by atoms with Gasteiger partial charge in [-0.2, -0.15) is 0 Å². The molecule has 2 N–H and O–H groups in total. The fourth-order valence-corrected chi connectivity index (χ4v) is 2.15. The molecule has 0 aliphatic heterocycles. The summed E-state index contributed by atoms with van der Waals surface area (Å²) in [6.07, 6.45) is 1.81. The van der Waals surface area contributed by atoms with Gasteiger partial charge in [0.15, 0.2) is 0 Å². The Morgan fingerprint density at radius 1 is 1.24 bits per heavy atom. The molecule has 7 heteroatoms. The summed E-state index contributed by atoms with van der Waals surface area (Å²) in [5.74, 6) is -2.18. The van der Waals surface area contributed by atoms with Crippen molar-refractivity contribution < 1.29 is 18.7 Å². The molecule has 0 radical (unpaired) electrons. The van der Waals surface area contributed by atoms with Crippen molar-refractivity contribution in [2.75, 3.05) is 11.9 Å². The van der Waals surface area contributed by atoms with Crippen LogP contribution in [0.5, 0.6) is 0 Å². The second-order valence-corrected chi connectivity index (χ2v) is 5.23. The molecule has 0 amide bonds. The number of aromatic carboxylic acids is 1. The lowest BCUT2D eigenvalue weighted by molar-refractivity contribution is 0.0697. The Kier molecular flexibility index (Phi) is 4.85. The number of nitrogens with zero attached hydrogens (tertiary/aromatic N) is 1. The van der Waals surface area contributed by atoms with Crippen LogP contribution in [-0.4, -0.2) is 22.6 Å². The predicted molar refractivity (Wildman–Crippen MR) is 77.4 cm³/mol. The molecule has 0 unspecified atom stereocenters. The number of aromatic nitrogens is 1. The Morgan fingerprint density at radius 3 is 2.52 bits per heavy atom. The second-order valence-electron chi connectivity index (χ2n) is 4.31. The van der Waals surface area contributed by atoms with Crippen LogP contribution < -0.4 is 5.32 Å². The molecule has 110 valence electrons. The maximum atomic E-state index is 13.0. The number of benzene rings is 1. The van der Waals surface area contributed by atoms with Crippen molar-refractivity contribution in [3.05, 3.63) is 57.7 Å². The summed E-state index contributed by atoms with van der Waals surface area (Å²) in [6.45, 7) is 0.303. The van der Waals surface area contributed by atoms with Crippen LogP contribution in [0.2, 0.25) is 0 Å². The van der Waals surface area contributed by atoms with E-state index >= 15 is 0 Å². The zero-order valence-electron chi connectivity index (χ0n) is 10.7. The first-order valence-corrected chi connectivity index (χ1v) is 6.82. The molecule has 1 heterocycles. The Labute approximate surface area is 128 Å². The summed E-state index contributed by atoms with van der Waals surface area (Å²) in [7, 11) is 0. The summed E-state index contributed by atoms with van der Waals surface area (Å²) in [5.41, 5.74) is 0.504. The standard InChI is InChI=1S/C14H11BrF2N2O2/c15-9-5-12(14(20)21)13(19-7-9)18-2-1-8-3-10(16)6-11(17)4-8/h3-7H,1-2H2,(H,18,19)(H,20,21). The van der Waals surface area contributed by atoms with E-state index in [0.717, 1.165) is 6.07 Å². The SMILES string of the molecule is O=C(O)c1cc(Br)cnc1NCCc1cc(F)cc(F)c1. The third-order valence-corrected chi connectivity index (χ3v) is 3.15. The minimum absolute atomic E-state index is 0.0230. The topological polar surface area (TPSA) is 62.2 Å². The molecule has 0 saturated heterocycles. The van der Waals surface area contributed by atoms with Gasteiger partial charge >= 0.3 is 5.97 Å². The number of rotatable bonds is 5. The highest BCUT2D eigenvalue weighted by Gasteiger charge is 2.11. The van der Waals surface area contributed by atoms with Crippen LogP contribution in [0.3, 0.4) is 0 Å². The van der Waals surface area contributed by atoms with Gasteiger partial charge in [-0.15, -0.1) is 0 Å². The lowest BCUT2D eigenvalue weighted by Gasteiger charge is -2.09. The smallest absolute Gasteiger partial charge is 0.339 e. The van der Waals surface area contributed by atoms with Crippen LogP contribution >= 0.6 is 15.9 Å². The highest BCUT2D eigenvalue weighted by molar-refractivity contribution is 9.10. The lowest BCUT2D eigenvalue weighted by Crippen LogP contribution is -2.11. The van der Waals surface area contributed by atoms with Gasteiger partial charge in [0.1, 0.15) is 23.0 Å². The van der Waals surface area contributed by atoms with E-state index in [-0.39, 0.29) is 11.4 Å². The van der Waals surface area contributed by atoms with Crippen molar-refractivity contribution in [3.63, 3.8) is 0 Å². The van der Waals surface area contributed by atoms with Crippen LogP contribution in [0.1, 0.15) is 15.9 Å². The van der Waals surface area contributed by atoms with Crippen LogP contribution in [-0.2, 0) is 6.42 Å². The van der Waals surface area contributed by atoms with Crippen molar-refractivity contribution in [3.8, 4) is 0 Å². The maximum Gasteiger partial charge on any atom is 0.339 e. The van der Waals surface area contributed by atoms with Crippen molar-refractivity contribution in [1.29, 1.82) is 0 Å². The van der Waals surface area contributed by atoms with E-state index in [1.54, 1.807) is 0 Å². The van der Waals surface area contributed by atoms with Crippen molar-refractivity contribution in [2.24, 2.45) is 0 Å².